The first kappa shape index (κ1) is 29.8. The summed E-state index contributed by atoms with van der Waals surface area (Å²) in [6.07, 6.45) is 10.4. The van der Waals surface area contributed by atoms with Crippen molar-refractivity contribution < 1.29 is 19.1 Å². The predicted octanol–water partition coefficient (Wildman–Crippen LogP) is 5.35. The summed E-state index contributed by atoms with van der Waals surface area (Å²) < 4.78 is 5.44. The lowest BCUT2D eigenvalue weighted by molar-refractivity contribution is -0.139. The SMILES string of the molecule is C#CN(C(=O)C(Cc1ccccc1)NC(=O)OC(C)(C)C)C(C(=O)NC1CCCCC1)c1cc(C)cc(C)c1. The first-order valence-corrected chi connectivity index (χ1v) is 13.7. The molecule has 1 aliphatic rings. The van der Waals surface area contributed by atoms with E-state index in [2.05, 4.69) is 16.7 Å². The Labute approximate surface area is 232 Å². The lowest BCUT2D eigenvalue weighted by Crippen LogP contribution is -2.53. The second-order valence-corrected chi connectivity index (χ2v) is 11.4. The van der Waals surface area contributed by atoms with Gasteiger partial charge in [-0.2, -0.15) is 0 Å². The molecule has 1 saturated carbocycles. The van der Waals surface area contributed by atoms with Gasteiger partial charge in [0.15, 0.2) is 0 Å². The van der Waals surface area contributed by atoms with E-state index in [4.69, 9.17) is 11.2 Å². The highest BCUT2D eigenvalue weighted by Gasteiger charge is 2.37. The molecule has 0 radical (unpaired) electrons. The average molecular weight is 532 g/mol. The highest BCUT2D eigenvalue weighted by atomic mass is 16.6. The summed E-state index contributed by atoms with van der Waals surface area (Å²) in [7, 11) is 0. The smallest absolute Gasteiger partial charge is 0.408 e. The summed E-state index contributed by atoms with van der Waals surface area (Å²) >= 11 is 0. The molecule has 2 atom stereocenters. The molecule has 0 saturated heterocycles. The van der Waals surface area contributed by atoms with Crippen molar-refractivity contribution in [2.45, 2.75) is 96.9 Å². The van der Waals surface area contributed by atoms with Gasteiger partial charge in [0.05, 0.1) is 0 Å². The Morgan fingerprint density at radius 2 is 1.64 bits per heavy atom. The van der Waals surface area contributed by atoms with Crippen LogP contribution in [0.4, 0.5) is 4.79 Å². The number of amides is 3. The van der Waals surface area contributed by atoms with Gasteiger partial charge in [0, 0.05) is 18.5 Å². The maximum Gasteiger partial charge on any atom is 0.408 e. The molecule has 1 aliphatic carbocycles. The first-order chi connectivity index (χ1) is 18.5. The number of carbonyl (C=O) groups excluding carboxylic acids is 3. The maximum atomic E-state index is 14.1. The Balaban J connectivity index is 1.98. The van der Waals surface area contributed by atoms with Gasteiger partial charge < -0.3 is 15.4 Å². The lowest BCUT2D eigenvalue weighted by Gasteiger charge is -2.32. The minimum atomic E-state index is -1.05. The van der Waals surface area contributed by atoms with Crippen molar-refractivity contribution in [3.63, 3.8) is 0 Å². The van der Waals surface area contributed by atoms with E-state index in [1.165, 1.54) is 0 Å². The monoisotopic (exact) mass is 531 g/mol. The van der Waals surface area contributed by atoms with E-state index < -0.39 is 29.7 Å². The normalized spacial score (nSPS) is 15.4. The number of rotatable bonds is 8. The van der Waals surface area contributed by atoms with E-state index in [9.17, 15) is 14.4 Å². The van der Waals surface area contributed by atoms with Gasteiger partial charge in [-0.3, -0.25) is 14.5 Å². The van der Waals surface area contributed by atoms with E-state index in [-0.39, 0.29) is 18.4 Å². The molecule has 3 rings (SSSR count). The Bertz CT molecular complexity index is 1170. The number of nitrogens with one attached hydrogen (secondary N) is 2. The van der Waals surface area contributed by atoms with Crippen LogP contribution in [0.15, 0.2) is 48.5 Å². The van der Waals surface area contributed by atoms with Crippen molar-refractivity contribution in [1.29, 1.82) is 0 Å². The van der Waals surface area contributed by atoms with Crippen molar-refractivity contribution in [3.05, 3.63) is 70.8 Å². The standard InChI is InChI=1S/C32H41N3O4/c1-7-35(30(37)27(21-24-14-10-8-11-15-24)34-31(38)39-32(4,5)6)28(25-19-22(2)18-23(3)20-25)29(36)33-26-16-12-9-13-17-26/h1,8,10-11,14-15,18-20,26-28H,9,12-13,16-17,21H2,2-6H3,(H,33,36)(H,34,38). The molecule has 2 aromatic rings. The van der Waals surface area contributed by atoms with Crippen molar-refractivity contribution in [3.8, 4) is 12.5 Å². The number of hydrogen-bond donors (Lipinski definition) is 2. The zero-order valence-corrected chi connectivity index (χ0v) is 23.8. The Kier molecular flexibility index (Phi) is 10.2. The number of aryl methyl sites for hydroxylation is 2. The topological polar surface area (TPSA) is 87.7 Å². The third-order valence-corrected chi connectivity index (χ3v) is 6.67. The Morgan fingerprint density at radius 1 is 1.03 bits per heavy atom. The molecule has 3 amide bonds. The number of alkyl carbamates (subject to hydrolysis) is 1. The van der Waals surface area contributed by atoms with Crippen LogP contribution in [-0.2, 0) is 20.7 Å². The third kappa shape index (κ3) is 8.88. The lowest BCUT2D eigenvalue weighted by atomic mass is 9.94. The molecule has 0 bridgehead atoms. The number of ether oxygens (including phenoxy) is 1. The second-order valence-electron chi connectivity index (χ2n) is 11.4. The molecular weight excluding hydrogens is 490 g/mol. The number of carbonyl (C=O) groups is 3. The van der Waals surface area contributed by atoms with Gasteiger partial charge in [0.1, 0.15) is 17.7 Å². The van der Waals surface area contributed by atoms with Crippen LogP contribution in [0.5, 0.6) is 0 Å². The van der Waals surface area contributed by atoms with Crippen molar-refractivity contribution in [2.24, 2.45) is 0 Å². The predicted molar refractivity (Wildman–Crippen MR) is 153 cm³/mol. The summed E-state index contributed by atoms with van der Waals surface area (Å²) in [6.45, 7) is 9.13. The molecule has 1 fully saturated rings. The van der Waals surface area contributed by atoms with Gasteiger partial charge in [-0.25, -0.2) is 4.79 Å². The van der Waals surface area contributed by atoms with E-state index >= 15 is 0 Å². The first-order valence-electron chi connectivity index (χ1n) is 13.7. The van der Waals surface area contributed by atoms with Gasteiger partial charge in [0.25, 0.3) is 5.91 Å². The minimum Gasteiger partial charge on any atom is -0.444 e. The third-order valence-electron chi connectivity index (χ3n) is 6.67. The Hall–Kier alpha value is -3.79. The van der Waals surface area contributed by atoms with Crippen LogP contribution < -0.4 is 10.6 Å². The molecule has 7 heteroatoms. The van der Waals surface area contributed by atoms with Crippen LogP contribution in [0.3, 0.4) is 0 Å². The molecule has 0 spiro atoms. The van der Waals surface area contributed by atoms with Crippen LogP contribution in [0.2, 0.25) is 0 Å². The summed E-state index contributed by atoms with van der Waals surface area (Å²) in [5.41, 5.74) is 2.62. The van der Waals surface area contributed by atoms with E-state index in [0.717, 1.165) is 53.7 Å². The zero-order chi connectivity index (χ0) is 28.6. The summed E-state index contributed by atoms with van der Waals surface area (Å²) in [6, 6.07) is 15.5. The number of terminal acetylenes is 1. The van der Waals surface area contributed by atoms with Crippen LogP contribution in [0.25, 0.3) is 0 Å². The molecule has 2 N–H and O–H groups in total. The molecule has 208 valence electrons. The number of benzene rings is 2. The number of hydrogen-bond acceptors (Lipinski definition) is 4. The van der Waals surface area contributed by atoms with Gasteiger partial charge in [-0.05, 0) is 58.6 Å². The largest absolute Gasteiger partial charge is 0.444 e. The fourth-order valence-electron chi connectivity index (χ4n) is 5.05. The van der Waals surface area contributed by atoms with Crippen molar-refractivity contribution in [2.75, 3.05) is 0 Å². The molecule has 0 heterocycles. The van der Waals surface area contributed by atoms with Crippen molar-refractivity contribution >= 4 is 17.9 Å². The van der Waals surface area contributed by atoms with Gasteiger partial charge >= 0.3 is 6.09 Å². The molecule has 0 aliphatic heterocycles. The Morgan fingerprint density at radius 3 is 2.21 bits per heavy atom. The fourth-order valence-corrected chi connectivity index (χ4v) is 5.05. The number of nitrogens with zero attached hydrogens (tertiary/aromatic N) is 1. The zero-order valence-electron chi connectivity index (χ0n) is 23.8. The molecule has 0 aromatic heterocycles. The average Bonchev–Trinajstić information content (AvgIpc) is 2.85. The highest BCUT2D eigenvalue weighted by Crippen LogP contribution is 2.26. The van der Waals surface area contributed by atoms with Crippen LogP contribution in [0, 0.1) is 26.3 Å². The highest BCUT2D eigenvalue weighted by molar-refractivity contribution is 5.93. The quantitative estimate of drug-likeness (QED) is 0.355. The van der Waals surface area contributed by atoms with E-state index in [1.807, 2.05) is 62.4 Å². The maximum absolute atomic E-state index is 14.1. The van der Waals surface area contributed by atoms with E-state index in [1.54, 1.807) is 20.8 Å². The van der Waals surface area contributed by atoms with Crippen LogP contribution in [0.1, 0.15) is 81.2 Å². The molecule has 2 aromatic carbocycles. The minimum absolute atomic E-state index is 0.0365. The van der Waals surface area contributed by atoms with Gasteiger partial charge in [-0.15, -0.1) is 0 Å². The summed E-state index contributed by atoms with van der Waals surface area (Å²) in [5, 5.41) is 5.85. The molecule has 39 heavy (non-hydrogen) atoms. The molecule has 2 unspecified atom stereocenters. The van der Waals surface area contributed by atoms with Crippen molar-refractivity contribution in [1.82, 2.24) is 15.5 Å². The summed E-state index contributed by atoms with van der Waals surface area (Å²) in [4.78, 5) is 41.8. The molecular formula is C32H41N3O4. The van der Waals surface area contributed by atoms with Gasteiger partial charge in [0.2, 0.25) is 5.91 Å². The van der Waals surface area contributed by atoms with Crippen LogP contribution in [-0.4, -0.2) is 40.5 Å². The van der Waals surface area contributed by atoms with Gasteiger partial charge in [-0.1, -0.05) is 85.3 Å². The summed E-state index contributed by atoms with van der Waals surface area (Å²) in [5.74, 6) is -0.885. The molecule has 7 nitrogen and oxygen atoms in total. The van der Waals surface area contributed by atoms with E-state index in [0.29, 0.717) is 5.56 Å². The van der Waals surface area contributed by atoms with Crippen LogP contribution >= 0.6 is 0 Å². The fraction of sp³-hybridized carbons (Fsp3) is 0.469. The second kappa shape index (κ2) is 13.3.